The number of carbonyl (C=O) groups is 1. The lowest BCUT2D eigenvalue weighted by Gasteiger charge is -2.03. The number of aromatic hydroxyl groups is 1. The minimum absolute atomic E-state index is 0.0870. The van der Waals surface area contributed by atoms with Crippen molar-refractivity contribution in [1.29, 1.82) is 5.26 Å². The maximum atomic E-state index is 12.0. The minimum atomic E-state index is -0.780. The molecule has 0 unspecified atom stereocenters. The van der Waals surface area contributed by atoms with Crippen molar-refractivity contribution in [3.63, 3.8) is 0 Å². The summed E-state index contributed by atoms with van der Waals surface area (Å²) >= 11 is 0. The number of non-ortho nitro benzene ring substituents is 1. The van der Waals surface area contributed by atoms with E-state index in [1.807, 2.05) is 0 Å². The summed E-state index contributed by atoms with van der Waals surface area (Å²) in [6.45, 7) is 0. The molecule has 2 aromatic carbocycles. The number of phenols is 1. The minimum Gasteiger partial charge on any atom is -0.504 e. The van der Waals surface area contributed by atoms with E-state index in [2.05, 4.69) is 10.5 Å². The number of ether oxygens (including phenoxy) is 1. The lowest BCUT2D eigenvalue weighted by molar-refractivity contribution is -0.384. The molecule has 1 amide bonds. The Hall–Kier alpha value is -4.19. The first kappa shape index (κ1) is 19.1. The first-order valence-electron chi connectivity index (χ1n) is 7.51. The molecule has 0 fully saturated rings. The van der Waals surface area contributed by atoms with Crippen molar-refractivity contribution in [1.82, 2.24) is 5.43 Å². The third kappa shape index (κ3) is 5.14. The van der Waals surface area contributed by atoms with Crippen LogP contribution in [0, 0.1) is 21.4 Å². The molecule has 0 aliphatic rings. The summed E-state index contributed by atoms with van der Waals surface area (Å²) < 4.78 is 4.92. The summed E-state index contributed by atoms with van der Waals surface area (Å²) in [7, 11) is 1.42. The summed E-state index contributed by atoms with van der Waals surface area (Å²) in [5.74, 6) is -0.572. The van der Waals surface area contributed by atoms with Crippen molar-refractivity contribution in [2.75, 3.05) is 7.11 Å². The molecular formula is C18H14N4O5. The number of carbonyl (C=O) groups excluding carboxylic acids is 1. The number of amides is 1. The highest BCUT2D eigenvalue weighted by Gasteiger charge is 2.10. The van der Waals surface area contributed by atoms with Crippen LogP contribution in [0.1, 0.15) is 11.1 Å². The van der Waals surface area contributed by atoms with Gasteiger partial charge in [0, 0.05) is 12.1 Å². The van der Waals surface area contributed by atoms with E-state index in [9.17, 15) is 20.0 Å². The monoisotopic (exact) mass is 366 g/mol. The second-order valence-corrected chi connectivity index (χ2v) is 5.15. The number of nitro benzene ring substituents is 1. The molecule has 0 aliphatic carbocycles. The highest BCUT2D eigenvalue weighted by Crippen LogP contribution is 2.25. The molecule has 2 N–H and O–H groups in total. The van der Waals surface area contributed by atoms with Gasteiger partial charge in [0.15, 0.2) is 11.5 Å². The molecule has 2 aromatic rings. The van der Waals surface area contributed by atoms with Gasteiger partial charge in [0.25, 0.3) is 11.6 Å². The predicted molar refractivity (Wildman–Crippen MR) is 97.1 cm³/mol. The molecule has 0 saturated carbocycles. The van der Waals surface area contributed by atoms with Gasteiger partial charge in [-0.05, 0) is 35.4 Å². The molecule has 0 radical (unpaired) electrons. The number of benzene rings is 2. The van der Waals surface area contributed by atoms with Gasteiger partial charge in [-0.15, -0.1) is 0 Å². The lowest BCUT2D eigenvalue weighted by Crippen LogP contribution is -2.19. The van der Waals surface area contributed by atoms with E-state index < -0.39 is 10.8 Å². The SMILES string of the molecule is COc1ccc(/C=N/NC(=O)/C(C#N)=C/c2cccc([N+](=O)[O-])c2)cc1O. The predicted octanol–water partition coefficient (Wildman–Crippen LogP) is 2.37. The number of hydrogen-bond acceptors (Lipinski definition) is 7. The maximum absolute atomic E-state index is 12.0. The molecule has 2 rings (SSSR count). The zero-order chi connectivity index (χ0) is 19.8. The lowest BCUT2D eigenvalue weighted by atomic mass is 10.1. The molecule has 0 bridgehead atoms. The second-order valence-electron chi connectivity index (χ2n) is 5.15. The maximum Gasteiger partial charge on any atom is 0.282 e. The van der Waals surface area contributed by atoms with E-state index in [1.54, 1.807) is 12.1 Å². The van der Waals surface area contributed by atoms with Gasteiger partial charge in [0.05, 0.1) is 18.2 Å². The van der Waals surface area contributed by atoms with Crippen LogP contribution in [0.4, 0.5) is 5.69 Å². The largest absolute Gasteiger partial charge is 0.504 e. The number of nitro groups is 1. The fourth-order valence-corrected chi connectivity index (χ4v) is 2.06. The first-order valence-corrected chi connectivity index (χ1v) is 7.51. The summed E-state index contributed by atoms with van der Waals surface area (Å²) in [6.07, 6.45) is 2.50. The van der Waals surface area contributed by atoms with Crippen LogP contribution >= 0.6 is 0 Å². The number of nitrogens with one attached hydrogen (secondary N) is 1. The van der Waals surface area contributed by atoms with Gasteiger partial charge in [-0.3, -0.25) is 14.9 Å². The Morgan fingerprint density at radius 2 is 2.11 bits per heavy atom. The van der Waals surface area contributed by atoms with Gasteiger partial charge in [-0.1, -0.05) is 12.1 Å². The molecular weight excluding hydrogens is 352 g/mol. The Balaban J connectivity index is 2.11. The molecule has 0 aromatic heterocycles. The second kappa shape index (κ2) is 8.77. The summed E-state index contributed by atoms with van der Waals surface area (Å²) in [5, 5.41) is 33.3. The first-order chi connectivity index (χ1) is 12.9. The molecule has 0 atom stereocenters. The van der Waals surface area contributed by atoms with Gasteiger partial charge in [0.1, 0.15) is 11.6 Å². The van der Waals surface area contributed by atoms with Crippen LogP contribution in [0.3, 0.4) is 0 Å². The molecule has 136 valence electrons. The van der Waals surface area contributed by atoms with Gasteiger partial charge in [-0.2, -0.15) is 10.4 Å². The zero-order valence-corrected chi connectivity index (χ0v) is 14.1. The average Bonchev–Trinajstić information content (AvgIpc) is 2.66. The number of hydrazone groups is 1. The number of nitrogens with zero attached hydrogens (tertiary/aromatic N) is 3. The van der Waals surface area contributed by atoms with E-state index >= 15 is 0 Å². The number of rotatable bonds is 6. The van der Waals surface area contributed by atoms with Gasteiger partial charge in [0.2, 0.25) is 0 Å². The number of phenolic OH excluding ortho intramolecular Hbond substituents is 1. The van der Waals surface area contributed by atoms with Crippen LogP contribution in [-0.2, 0) is 4.79 Å². The molecule has 27 heavy (non-hydrogen) atoms. The van der Waals surface area contributed by atoms with E-state index in [0.717, 1.165) is 0 Å². The van der Waals surface area contributed by atoms with Crippen molar-refractivity contribution in [3.8, 4) is 17.6 Å². The van der Waals surface area contributed by atoms with Gasteiger partial charge >= 0.3 is 0 Å². The molecule has 0 saturated heterocycles. The van der Waals surface area contributed by atoms with Crippen LogP contribution in [0.25, 0.3) is 6.08 Å². The van der Waals surface area contributed by atoms with E-state index in [-0.39, 0.29) is 17.0 Å². The summed E-state index contributed by atoms with van der Waals surface area (Å²) in [6, 6.07) is 11.8. The average molecular weight is 366 g/mol. The van der Waals surface area contributed by atoms with Crippen molar-refractivity contribution in [2.45, 2.75) is 0 Å². The van der Waals surface area contributed by atoms with E-state index in [0.29, 0.717) is 16.9 Å². The third-order valence-corrected chi connectivity index (χ3v) is 3.34. The molecule has 9 nitrogen and oxygen atoms in total. The fraction of sp³-hybridized carbons (Fsp3) is 0.0556. The normalized spacial score (nSPS) is 11.0. The third-order valence-electron chi connectivity index (χ3n) is 3.34. The van der Waals surface area contributed by atoms with E-state index in [4.69, 9.17) is 10.00 Å². The Morgan fingerprint density at radius 1 is 1.33 bits per heavy atom. The Kier molecular flexibility index (Phi) is 6.22. The van der Waals surface area contributed by atoms with Crippen LogP contribution < -0.4 is 10.2 Å². The molecule has 0 heterocycles. The molecule has 9 heteroatoms. The Morgan fingerprint density at radius 3 is 2.74 bits per heavy atom. The Labute approximate surface area is 154 Å². The van der Waals surface area contributed by atoms with Gasteiger partial charge in [-0.25, -0.2) is 5.43 Å². The number of nitriles is 1. The topological polar surface area (TPSA) is 138 Å². The zero-order valence-electron chi connectivity index (χ0n) is 14.1. The van der Waals surface area contributed by atoms with Crippen molar-refractivity contribution < 1.29 is 19.6 Å². The number of methoxy groups -OCH3 is 1. The highest BCUT2D eigenvalue weighted by molar-refractivity contribution is 6.02. The number of hydrogen-bond donors (Lipinski definition) is 2. The van der Waals surface area contributed by atoms with Crippen LogP contribution in [0.15, 0.2) is 53.1 Å². The van der Waals surface area contributed by atoms with Gasteiger partial charge < -0.3 is 9.84 Å². The molecule has 0 spiro atoms. The smallest absolute Gasteiger partial charge is 0.282 e. The molecule has 0 aliphatic heterocycles. The Bertz CT molecular complexity index is 976. The van der Waals surface area contributed by atoms with E-state index in [1.165, 1.54) is 55.8 Å². The quantitative estimate of drug-likeness (QED) is 0.265. The van der Waals surface area contributed by atoms with Crippen molar-refractivity contribution >= 4 is 23.9 Å². The summed E-state index contributed by atoms with van der Waals surface area (Å²) in [5.41, 5.74) is 2.58. The highest BCUT2D eigenvalue weighted by atomic mass is 16.6. The standard InChI is InChI=1S/C18H14N4O5/c1-27-17-6-5-13(9-16(17)23)11-20-21-18(24)14(10-19)7-12-3-2-4-15(8-12)22(25)26/h2-9,11,23H,1H3,(H,21,24)/b14-7+,20-11+. The van der Waals surface area contributed by atoms with Crippen molar-refractivity contribution in [2.24, 2.45) is 5.10 Å². The van der Waals surface area contributed by atoms with Crippen molar-refractivity contribution in [3.05, 3.63) is 69.3 Å². The summed E-state index contributed by atoms with van der Waals surface area (Å²) in [4.78, 5) is 22.2. The van der Waals surface area contributed by atoms with Crippen LogP contribution in [0.2, 0.25) is 0 Å². The fourth-order valence-electron chi connectivity index (χ4n) is 2.06. The van der Waals surface area contributed by atoms with Crippen LogP contribution in [0.5, 0.6) is 11.5 Å². The van der Waals surface area contributed by atoms with Crippen LogP contribution in [-0.4, -0.2) is 29.3 Å².